The van der Waals surface area contributed by atoms with E-state index >= 15 is 0 Å². The molecule has 86 valence electrons. The number of ketones is 1. The van der Waals surface area contributed by atoms with Gasteiger partial charge in [-0.3, -0.25) is 9.59 Å². The summed E-state index contributed by atoms with van der Waals surface area (Å²) in [6.07, 6.45) is 0. The first-order valence-corrected chi connectivity index (χ1v) is 5.08. The first kappa shape index (κ1) is 11.3. The molecule has 0 bridgehead atoms. The minimum atomic E-state index is -0.459. The minimum absolute atomic E-state index is 0.102. The monoisotopic (exact) mass is 231 g/mol. The van der Waals surface area contributed by atoms with Gasteiger partial charge in [-0.25, -0.2) is 4.39 Å². The molecule has 0 atom stereocenters. The number of hydrogen-bond donors (Lipinski definition) is 1. The second-order valence-electron chi connectivity index (χ2n) is 3.68. The molecule has 0 aliphatic rings. The molecule has 0 radical (unpaired) electrons. The third-order valence-electron chi connectivity index (χ3n) is 2.42. The molecule has 1 N–H and O–H groups in total. The Labute approximate surface area is 96.9 Å². The Morgan fingerprint density at radius 2 is 2.00 bits per heavy atom. The van der Waals surface area contributed by atoms with Gasteiger partial charge < -0.3 is 4.98 Å². The lowest BCUT2D eigenvalue weighted by Crippen LogP contribution is -2.15. The van der Waals surface area contributed by atoms with Crippen molar-refractivity contribution in [3.8, 4) is 11.3 Å². The molecule has 0 saturated heterocycles. The average Bonchev–Trinajstić information content (AvgIpc) is 2.28. The molecule has 1 aromatic heterocycles. The zero-order valence-electron chi connectivity index (χ0n) is 9.16. The maximum absolute atomic E-state index is 13.0. The van der Waals surface area contributed by atoms with Gasteiger partial charge in [0, 0.05) is 11.3 Å². The highest BCUT2D eigenvalue weighted by molar-refractivity contribution is 5.93. The van der Waals surface area contributed by atoms with Gasteiger partial charge in [-0.15, -0.1) is 0 Å². The van der Waals surface area contributed by atoms with E-state index in [-0.39, 0.29) is 17.2 Å². The van der Waals surface area contributed by atoms with E-state index in [1.54, 1.807) is 18.2 Å². The number of aromatic amines is 1. The van der Waals surface area contributed by atoms with Crippen molar-refractivity contribution in [2.24, 2.45) is 0 Å². The van der Waals surface area contributed by atoms with Crippen LogP contribution in [0.2, 0.25) is 0 Å². The summed E-state index contributed by atoms with van der Waals surface area (Å²) in [7, 11) is 0. The molecule has 1 heterocycles. The summed E-state index contributed by atoms with van der Waals surface area (Å²) >= 11 is 0. The molecule has 2 rings (SSSR count). The number of carbonyl (C=O) groups is 1. The van der Waals surface area contributed by atoms with Crippen molar-refractivity contribution < 1.29 is 9.18 Å². The molecule has 0 unspecified atom stereocenters. The first-order chi connectivity index (χ1) is 8.08. The van der Waals surface area contributed by atoms with E-state index in [1.807, 2.05) is 0 Å². The van der Waals surface area contributed by atoms with E-state index in [4.69, 9.17) is 0 Å². The molecule has 17 heavy (non-hydrogen) atoms. The van der Waals surface area contributed by atoms with Crippen LogP contribution in [0.4, 0.5) is 4.39 Å². The fourth-order valence-corrected chi connectivity index (χ4v) is 1.58. The summed E-state index contributed by atoms with van der Waals surface area (Å²) < 4.78 is 13.0. The van der Waals surface area contributed by atoms with E-state index in [9.17, 15) is 14.0 Å². The third kappa shape index (κ3) is 2.30. The molecule has 0 spiro atoms. The molecule has 0 aliphatic heterocycles. The molecule has 0 saturated carbocycles. The Morgan fingerprint density at radius 3 is 2.59 bits per heavy atom. The number of aromatic nitrogens is 1. The topological polar surface area (TPSA) is 49.9 Å². The van der Waals surface area contributed by atoms with Gasteiger partial charge in [0.25, 0.3) is 5.56 Å². The predicted octanol–water partition coefficient (Wildman–Crippen LogP) is 2.38. The molecule has 0 fully saturated rings. The fourth-order valence-electron chi connectivity index (χ4n) is 1.58. The largest absolute Gasteiger partial charge is 0.321 e. The van der Waals surface area contributed by atoms with Crippen LogP contribution >= 0.6 is 0 Å². The quantitative estimate of drug-likeness (QED) is 0.807. The van der Waals surface area contributed by atoms with E-state index in [2.05, 4.69) is 4.98 Å². The van der Waals surface area contributed by atoms with Crippen LogP contribution < -0.4 is 5.56 Å². The number of carbonyl (C=O) groups excluding carboxylic acids is 1. The van der Waals surface area contributed by atoms with Crippen LogP contribution in [-0.4, -0.2) is 10.8 Å². The zero-order chi connectivity index (χ0) is 12.4. The van der Waals surface area contributed by atoms with Gasteiger partial charge in [0.1, 0.15) is 5.82 Å². The van der Waals surface area contributed by atoms with Gasteiger partial charge in [0.15, 0.2) is 5.78 Å². The molecule has 0 aliphatic carbocycles. The van der Waals surface area contributed by atoms with Crippen molar-refractivity contribution in [1.29, 1.82) is 0 Å². The lowest BCUT2D eigenvalue weighted by molar-refractivity contribution is 0.101. The molecule has 4 heteroatoms. The zero-order valence-corrected chi connectivity index (χ0v) is 9.16. The van der Waals surface area contributed by atoms with Crippen molar-refractivity contribution >= 4 is 5.78 Å². The number of pyridine rings is 1. The Morgan fingerprint density at radius 1 is 1.24 bits per heavy atom. The summed E-state index contributed by atoms with van der Waals surface area (Å²) in [6, 6.07) is 8.92. The van der Waals surface area contributed by atoms with Gasteiger partial charge in [-0.2, -0.15) is 0 Å². The summed E-state index contributed by atoms with van der Waals surface area (Å²) in [5.41, 5.74) is 0.695. The van der Waals surface area contributed by atoms with Crippen molar-refractivity contribution in [2.75, 3.05) is 0 Å². The standard InChI is InChI=1S/C13H10FNO2/c1-8(16)11-5-6-12(15-13(11)17)9-3-2-4-10(14)7-9/h2-7H,1H3,(H,15,17). The van der Waals surface area contributed by atoms with Crippen LogP contribution in [0.25, 0.3) is 11.3 Å². The Balaban J connectivity index is 2.52. The molecular weight excluding hydrogens is 221 g/mol. The summed E-state index contributed by atoms with van der Waals surface area (Å²) in [5.74, 6) is -0.670. The van der Waals surface area contributed by atoms with E-state index in [0.29, 0.717) is 11.3 Å². The molecular formula is C13H10FNO2. The van der Waals surface area contributed by atoms with Crippen LogP contribution in [0.3, 0.4) is 0 Å². The summed E-state index contributed by atoms with van der Waals surface area (Å²) in [6.45, 7) is 1.33. The smallest absolute Gasteiger partial charge is 0.259 e. The first-order valence-electron chi connectivity index (χ1n) is 5.08. The van der Waals surface area contributed by atoms with Crippen molar-refractivity contribution in [3.63, 3.8) is 0 Å². The number of hydrogen-bond acceptors (Lipinski definition) is 2. The number of Topliss-reactive ketones (excluding diaryl/α,β-unsaturated/α-hetero) is 1. The number of H-pyrrole nitrogens is 1. The van der Waals surface area contributed by atoms with Gasteiger partial charge in [0.05, 0.1) is 5.56 Å². The Bertz CT molecular complexity index is 631. The molecule has 0 amide bonds. The number of halogens is 1. The summed E-state index contributed by atoms with van der Waals surface area (Å²) in [5, 5.41) is 0. The van der Waals surface area contributed by atoms with Crippen LogP contribution in [0.5, 0.6) is 0 Å². The van der Waals surface area contributed by atoms with Crippen molar-refractivity contribution in [3.05, 3.63) is 58.1 Å². The number of rotatable bonds is 2. The maximum atomic E-state index is 13.0. The van der Waals surface area contributed by atoms with Gasteiger partial charge in [-0.05, 0) is 31.2 Å². The van der Waals surface area contributed by atoms with Crippen LogP contribution in [0.15, 0.2) is 41.2 Å². The van der Waals surface area contributed by atoms with Crippen LogP contribution in [0, 0.1) is 5.82 Å². The maximum Gasteiger partial charge on any atom is 0.259 e. The minimum Gasteiger partial charge on any atom is -0.321 e. The molecule has 1 aromatic carbocycles. The fraction of sp³-hybridized carbons (Fsp3) is 0.0769. The normalized spacial score (nSPS) is 10.2. The van der Waals surface area contributed by atoms with Gasteiger partial charge >= 0.3 is 0 Å². The van der Waals surface area contributed by atoms with E-state index < -0.39 is 5.56 Å². The highest BCUT2D eigenvalue weighted by atomic mass is 19.1. The number of nitrogens with one attached hydrogen (secondary N) is 1. The molecule has 2 aromatic rings. The third-order valence-corrected chi connectivity index (χ3v) is 2.42. The number of benzene rings is 1. The van der Waals surface area contributed by atoms with Crippen molar-refractivity contribution in [2.45, 2.75) is 6.92 Å². The van der Waals surface area contributed by atoms with E-state index in [0.717, 1.165) is 0 Å². The van der Waals surface area contributed by atoms with Crippen LogP contribution in [-0.2, 0) is 0 Å². The second kappa shape index (κ2) is 4.33. The molecule has 3 nitrogen and oxygen atoms in total. The lowest BCUT2D eigenvalue weighted by Gasteiger charge is -2.02. The van der Waals surface area contributed by atoms with E-state index in [1.165, 1.54) is 25.1 Å². The summed E-state index contributed by atoms with van der Waals surface area (Å²) in [4.78, 5) is 25.2. The SMILES string of the molecule is CC(=O)c1ccc(-c2cccc(F)c2)[nH]c1=O. The highest BCUT2D eigenvalue weighted by Crippen LogP contribution is 2.16. The van der Waals surface area contributed by atoms with Gasteiger partial charge in [-0.1, -0.05) is 12.1 Å². The predicted molar refractivity (Wildman–Crippen MR) is 62.5 cm³/mol. The lowest BCUT2D eigenvalue weighted by atomic mass is 10.1. The van der Waals surface area contributed by atoms with Crippen molar-refractivity contribution in [1.82, 2.24) is 4.98 Å². The second-order valence-corrected chi connectivity index (χ2v) is 3.68. The van der Waals surface area contributed by atoms with Crippen LogP contribution in [0.1, 0.15) is 17.3 Å². The Hall–Kier alpha value is -2.23. The highest BCUT2D eigenvalue weighted by Gasteiger charge is 2.07. The van der Waals surface area contributed by atoms with Gasteiger partial charge in [0.2, 0.25) is 0 Å². The average molecular weight is 231 g/mol. The Kier molecular flexibility index (Phi) is 2.87.